The van der Waals surface area contributed by atoms with Gasteiger partial charge >= 0.3 is 0 Å². The Morgan fingerprint density at radius 2 is 2.23 bits per heavy atom. The van der Waals surface area contributed by atoms with E-state index in [1.165, 1.54) is 0 Å². The highest BCUT2D eigenvalue weighted by Gasteiger charge is 2.28. The highest BCUT2D eigenvalue weighted by Crippen LogP contribution is 2.14. The number of hydrogen-bond donors (Lipinski definition) is 0. The van der Waals surface area contributed by atoms with Gasteiger partial charge in [-0.3, -0.25) is 4.79 Å². The highest BCUT2D eigenvalue weighted by atomic mass is 16.6. The third kappa shape index (κ3) is 1.66. The molecule has 0 aromatic rings. The average molecular weight is 181 g/mol. The van der Waals surface area contributed by atoms with Gasteiger partial charge in [-0.2, -0.15) is 0 Å². The lowest BCUT2D eigenvalue weighted by atomic mass is 10.2. The number of amides is 1. The summed E-state index contributed by atoms with van der Waals surface area (Å²) >= 11 is 0. The molecule has 0 bridgehead atoms. The molecule has 0 aromatic carbocycles. The van der Waals surface area contributed by atoms with Crippen LogP contribution >= 0.6 is 0 Å². The van der Waals surface area contributed by atoms with Crippen molar-refractivity contribution in [2.24, 2.45) is 5.16 Å². The molecule has 1 saturated heterocycles. The lowest BCUT2D eigenvalue weighted by Gasteiger charge is -2.13. The number of oxime groups is 1. The van der Waals surface area contributed by atoms with Crippen LogP contribution in [0.3, 0.4) is 0 Å². The van der Waals surface area contributed by atoms with Crippen molar-refractivity contribution in [2.45, 2.75) is 25.4 Å². The molecule has 1 unspecified atom stereocenters. The Hall–Kier alpha value is -1.06. The first-order chi connectivity index (χ1) is 6.27. The molecular formula is C9H13N2O2. The molecule has 2 rings (SSSR count). The maximum absolute atomic E-state index is 11.7. The molecule has 1 radical (unpaired) electrons. The standard InChI is InChI=1S/C9H13N2O2/c1-7-6-8(10-13-7)9(12)11-4-2-3-5-11/h7H,1-6H2. The Balaban J connectivity index is 1.97. The van der Waals surface area contributed by atoms with Gasteiger partial charge in [-0.1, -0.05) is 5.16 Å². The van der Waals surface area contributed by atoms with Gasteiger partial charge in [-0.15, -0.1) is 0 Å². The van der Waals surface area contributed by atoms with E-state index >= 15 is 0 Å². The minimum absolute atomic E-state index is 0.0312. The molecule has 1 amide bonds. The fraction of sp³-hybridized carbons (Fsp3) is 0.667. The molecule has 4 nitrogen and oxygen atoms in total. The molecule has 2 aliphatic rings. The Morgan fingerprint density at radius 1 is 1.54 bits per heavy atom. The van der Waals surface area contributed by atoms with Crippen LogP contribution in [0.1, 0.15) is 19.3 Å². The zero-order valence-corrected chi connectivity index (χ0v) is 7.53. The Kier molecular flexibility index (Phi) is 2.20. The minimum atomic E-state index is -0.179. The van der Waals surface area contributed by atoms with Crippen molar-refractivity contribution in [3.05, 3.63) is 6.92 Å². The Labute approximate surface area is 77.5 Å². The van der Waals surface area contributed by atoms with Crippen molar-refractivity contribution in [3.63, 3.8) is 0 Å². The second kappa shape index (κ2) is 3.36. The molecule has 0 saturated carbocycles. The van der Waals surface area contributed by atoms with Crippen molar-refractivity contribution in [2.75, 3.05) is 13.1 Å². The maximum atomic E-state index is 11.7. The average Bonchev–Trinajstić information content (AvgIpc) is 2.72. The van der Waals surface area contributed by atoms with Crippen LogP contribution in [-0.4, -0.2) is 35.7 Å². The zero-order valence-electron chi connectivity index (χ0n) is 7.53. The van der Waals surface area contributed by atoms with Crippen LogP contribution in [0.5, 0.6) is 0 Å². The van der Waals surface area contributed by atoms with Crippen LogP contribution in [-0.2, 0) is 9.63 Å². The molecule has 2 aliphatic heterocycles. The summed E-state index contributed by atoms with van der Waals surface area (Å²) in [7, 11) is 0. The summed E-state index contributed by atoms with van der Waals surface area (Å²) in [5.74, 6) is 0.0312. The van der Waals surface area contributed by atoms with Gasteiger partial charge in [0.15, 0.2) is 0 Å². The lowest BCUT2D eigenvalue weighted by molar-refractivity contribution is -0.123. The number of carbonyl (C=O) groups excluding carboxylic acids is 1. The number of nitrogens with zero attached hydrogens (tertiary/aromatic N) is 2. The molecule has 0 aromatic heterocycles. The first-order valence-electron chi connectivity index (χ1n) is 4.62. The summed E-state index contributed by atoms with van der Waals surface area (Å²) in [6, 6.07) is 0. The molecule has 2 heterocycles. The molecule has 4 heteroatoms. The Morgan fingerprint density at radius 3 is 2.77 bits per heavy atom. The molecule has 0 aliphatic carbocycles. The molecule has 71 valence electrons. The van der Waals surface area contributed by atoms with Crippen LogP contribution < -0.4 is 0 Å². The van der Waals surface area contributed by atoms with Gasteiger partial charge < -0.3 is 9.74 Å². The molecular weight excluding hydrogens is 168 g/mol. The van der Waals surface area contributed by atoms with Gasteiger partial charge in [0, 0.05) is 19.5 Å². The number of rotatable bonds is 1. The monoisotopic (exact) mass is 181 g/mol. The SMILES string of the molecule is [CH2]C1CC(C(=O)N2CCCC2)=NO1. The molecule has 1 fully saturated rings. The summed E-state index contributed by atoms with van der Waals surface area (Å²) in [5, 5.41) is 3.72. The van der Waals surface area contributed by atoms with Crippen LogP contribution in [0, 0.1) is 6.92 Å². The summed E-state index contributed by atoms with van der Waals surface area (Å²) in [6.45, 7) is 5.41. The first-order valence-corrected chi connectivity index (χ1v) is 4.62. The number of carbonyl (C=O) groups is 1. The second-order valence-corrected chi connectivity index (χ2v) is 3.47. The third-order valence-corrected chi connectivity index (χ3v) is 2.37. The van der Waals surface area contributed by atoms with Crippen LogP contribution in [0.2, 0.25) is 0 Å². The van der Waals surface area contributed by atoms with Crippen molar-refractivity contribution in [1.29, 1.82) is 0 Å². The van der Waals surface area contributed by atoms with E-state index in [0.717, 1.165) is 25.9 Å². The van der Waals surface area contributed by atoms with Crippen LogP contribution in [0.15, 0.2) is 5.16 Å². The molecule has 0 N–H and O–H groups in total. The van der Waals surface area contributed by atoms with E-state index in [9.17, 15) is 4.79 Å². The quantitative estimate of drug-likeness (QED) is 0.594. The first kappa shape index (κ1) is 8.53. The zero-order chi connectivity index (χ0) is 9.26. The fourth-order valence-electron chi connectivity index (χ4n) is 1.66. The van der Waals surface area contributed by atoms with Gasteiger partial charge in [-0.05, 0) is 19.8 Å². The summed E-state index contributed by atoms with van der Waals surface area (Å²) in [5.41, 5.74) is 0.530. The number of likely N-dealkylation sites (tertiary alicyclic amines) is 1. The topological polar surface area (TPSA) is 41.9 Å². The third-order valence-electron chi connectivity index (χ3n) is 2.37. The van der Waals surface area contributed by atoms with E-state index < -0.39 is 0 Å². The van der Waals surface area contributed by atoms with Crippen LogP contribution in [0.25, 0.3) is 0 Å². The van der Waals surface area contributed by atoms with E-state index in [-0.39, 0.29) is 12.0 Å². The number of hydrogen-bond acceptors (Lipinski definition) is 3. The van der Waals surface area contributed by atoms with Crippen molar-refractivity contribution in [1.82, 2.24) is 4.90 Å². The van der Waals surface area contributed by atoms with E-state index in [0.29, 0.717) is 12.1 Å². The normalized spacial score (nSPS) is 27.3. The largest absolute Gasteiger partial charge is 0.392 e. The van der Waals surface area contributed by atoms with Gasteiger partial charge in [0.2, 0.25) is 0 Å². The van der Waals surface area contributed by atoms with Crippen molar-refractivity contribution < 1.29 is 9.63 Å². The van der Waals surface area contributed by atoms with E-state index in [1.54, 1.807) is 0 Å². The Bertz CT molecular complexity index is 244. The molecule has 13 heavy (non-hydrogen) atoms. The predicted molar refractivity (Wildman–Crippen MR) is 48.1 cm³/mol. The van der Waals surface area contributed by atoms with Gasteiger partial charge in [0.05, 0.1) is 0 Å². The minimum Gasteiger partial charge on any atom is -0.392 e. The van der Waals surface area contributed by atoms with Gasteiger partial charge in [0.25, 0.3) is 5.91 Å². The van der Waals surface area contributed by atoms with Crippen LogP contribution in [0.4, 0.5) is 0 Å². The van der Waals surface area contributed by atoms with E-state index in [4.69, 9.17) is 4.84 Å². The smallest absolute Gasteiger partial charge is 0.271 e. The fourth-order valence-corrected chi connectivity index (χ4v) is 1.66. The summed E-state index contributed by atoms with van der Waals surface area (Å²) in [6.07, 6.45) is 2.58. The summed E-state index contributed by atoms with van der Waals surface area (Å²) < 4.78 is 0. The van der Waals surface area contributed by atoms with Gasteiger partial charge in [-0.25, -0.2) is 0 Å². The predicted octanol–water partition coefficient (Wildman–Crippen LogP) is 0.588. The molecule has 0 spiro atoms. The highest BCUT2D eigenvalue weighted by molar-refractivity contribution is 6.39. The lowest BCUT2D eigenvalue weighted by Crippen LogP contribution is -2.33. The second-order valence-electron chi connectivity index (χ2n) is 3.47. The van der Waals surface area contributed by atoms with Crippen molar-refractivity contribution in [3.8, 4) is 0 Å². The van der Waals surface area contributed by atoms with Crippen molar-refractivity contribution >= 4 is 11.6 Å². The maximum Gasteiger partial charge on any atom is 0.271 e. The summed E-state index contributed by atoms with van der Waals surface area (Å²) in [4.78, 5) is 18.4. The van der Waals surface area contributed by atoms with E-state index in [2.05, 4.69) is 12.1 Å². The van der Waals surface area contributed by atoms with Gasteiger partial charge in [0.1, 0.15) is 11.8 Å². The molecule has 1 atom stereocenters. The van der Waals surface area contributed by atoms with E-state index in [1.807, 2.05) is 4.90 Å².